The maximum atomic E-state index is 4.47. The highest BCUT2D eigenvalue weighted by atomic mass is 15.1. The van der Waals surface area contributed by atoms with Gasteiger partial charge in [0.25, 0.3) is 0 Å². The highest BCUT2D eigenvalue weighted by molar-refractivity contribution is 5.74. The normalized spacial score (nSPS) is 16.8. The number of hydrogen-bond acceptors (Lipinski definition) is 3. The van der Waals surface area contributed by atoms with Crippen molar-refractivity contribution in [2.45, 2.75) is 32.4 Å². The number of rotatable bonds is 6. The first-order valence-electron chi connectivity index (χ1n) is 8.96. The van der Waals surface area contributed by atoms with Gasteiger partial charge in [0.1, 0.15) is 0 Å². The van der Waals surface area contributed by atoms with E-state index in [0.29, 0.717) is 0 Å². The molecule has 2 aromatic heterocycles. The number of likely N-dealkylation sites (tertiary alicyclic amines) is 1. The highest BCUT2D eigenvalue weighted by Crippen LogP contribution is 2.19. The molecule has 0 unspecified atom stereocenters. The van der Waals surface area contributed by atoms with Crippen molar-refractivity contribution in [3.63, 3.8) is 0 Å². The summed E-state index contributed by atoms with van der Waals surface area (Å²) in [5, 5.41) is 0. The second-order valence-electron chi connectivity index (χ2n) is 6.82. The predicted octanol–water partition coefficient (Wildman–Crippen LogP) is 3.04. The van der Waals surface area contributed by atoms with Gasteiger partial charge in [-0.15, -0.1) is 0 Å². The first-order chi connectivity index (χ1) is 11.9. The van der Waals surface area contributed by atoms with E-state index < -0.39 is 0 Å². The molecule has 0 radical (unpaired) electrons. The van der Waals surface area contributed by atoms with Crippen molar-refractivity contribution in [1.29, 1.82) is 0 Å². The van der Waals surface area contributed by atoms with Crippen LogP contribution in [-0.2, 0) is 13.1 Å². The van der Waals surface area contributed by atoms with E-state index in [1.807, 2.05) is 24.9 Å². The topological polar surface area (TPSA) is 38.9 Å². The van der Waals surface area contributed by atoms with E-state index in [2.05, 4.69) is 48.4 Å². The molecule has 1 fully saturated rings. The molecule has 5 nitrogen and oxygen atoms in total. The second-order valence-corrected chi connectivity index (χ2v) is 6.82. The molecule has 0 saturated carbocycles. The fourth-order valence-electron chi connectivity index (χ4n) is 3.74. The van der Waals surface area contributed by atoms with Gasteiger partial charge < -0.3 is 14.0 Å². The van der Waals surface area contributed by atoms with Gasteiger partial charge in [0.15, 0.2) is 0 Å². The molecule has 0 amide bonds. The molecule has 0 bridgehead atoms. The molecule has 0 spiro atoms. The van der Waals surface area contributed by atoms with E-state index in [9.17, 15) is 0 Å². The zero-order valence-corrected chi connectivity index (χ0v) is 14.1. The molecule has 0 N–H and O–H groups in total. The third-order valence-electron chi connectivity index (χ3n) is 5.14. The van der Waals surface area contributed by atoms with Crippen LogP contribution in [-0.4, -0.2) is 43.6 Å². The van der Waals surface area contributed by atoms with Crippen molar-refractivity contribution < 1.29 is 0 Å². The quantitative estimate of drug-likeness (QED) is 0.700. The number of para-hydroxylation sites is 2. The smallest absolute Gasteiger partial charge is 0.0958 e. The van der Waals surface area contributed by atoms with Gasteiger partial charge in [0.05, 0.1) is 23.7 Å². The summed E-state index contributed by atoms with van der Waals surface area (Å²) in [6.07, 6.45) is 11.6. The van der Waals surface area contributed by atoms with E-state index in [4.69, 9.17) is 0 Å². The molecule has 1 saturated heterocycles. The molecule has 1 aliphatic heterocycles. The van der Waals surface area contributed by atoms with Crippen LogP contribution in [0.15, 0.2) is 49.3 Å². The number of piperidine rings is 1. The van der Waals surface area contributed by atoms with E-state index >= 15 is 0 Å². The summed E-state index contributed by atoms with van der Waals surface area (Å²) in [5.74, 6) is 0.799. The van der Waals surface area contributed by atoms with Crippen LogP contribution in [0.4, 0.5) is 0 Å². The Morgan fingerprint density at radius 3 is 2.75 bits per heavy atom. The van der Waals surface area contributed by atoms with Crippen molar-refractivity contribution in [2.24, 2.45) is 5.92 Å². The van der Waals surface area contributed by atoms with Crippen LogP contribution >= 0.6 is 0 Å². The molecule has 24 heavy (non-hydrogen) atoms. The Balaban J connectivity index is 1.22. The van der Waals surface area contributed by atoms with Crippen LogP contribution in [0.3, 0.4) is 0 Å². The molecule has 1 aliphatic rings. The lowest BCUT2D eigenvalue weighted by molar-refractivity contribution is 0.170. The first kappa shape index (κ1) is 15.4. The maximum Gasteiger partial charge on any atom is 0.0958 e. The summed E-state index contributed by atoms with van der Waals surface area (Å²) in [7, 11) is 0. The van der Waals surface area contributed by atoms with E-state index in [1.165, 1.54) is 44.4 Å². The third-order valence-corrected chi connectivity index (χ3v) is 5.14. The number of imidazole rings is 2. The molecule has 0 aliphatic carbocycles. The minimum absolute atomic E-state index is 0.799. The molecule has 4 rings (SSSR count). The Kier molecular flexibility index (Phi) is 4.60. The zero-order chi connectivity index (χ0) is 16.2. The Morgan fingerprint density at radius 2 is 1.92 bits per heavy atom. The summed E-state index contributed by atoms with van der Waals surface area (Å²) in [6, 6.07) is 8.37. The van der Waals surface area contributed by atoms with Crippen molar-refractivity contribution in [2.75, 3.05) is 19.6 Å². The van der Waals surface area contributed by atoms with Crippen molar-refractivity contribution >= 4 is 11.0 Å². The number of aromatic nitrogens is 4. The summed E-state index contributed by atoms with van der Waals surface area (Å²) < 4.78 is 4.49. The molecule has 126 valence electrons. The average Bonchev–Trinajstić information content (AvgIpc) is 3.27. The molecular weight excluding hydrogens is 298 g/mol. The van der Waals surface area contributed by atoms with Gasteiger partial charge in [-0.3, -0.25) is 0 Å². The van der Waals surface area contributed by atoms with Crippen molar-refractivity contribution in [3.05, 3.63) is 49.3 Å². The molecular formula is C19H25N5. The maximum absolute atomic E-state index is 4.47. The van der Waals surface area contributed by atoms with Crippen LogP contribution in [0.25, 0.3) is 11.0 Å². The minimum Gasteiger partial charge on any atom is -0.337 e. The van der Waals surface area contributed by atoms with Gasteiger partial charge in [-0.2, -0.15) is 0 Å². The summed E-state index contributed by atoms with van der Waals surface area (Å²) in [5.41, 5.74) is 2.34. The van der Waals surface area contributed by atoms with Gasteiger partial charge in [-0.1, -0.05) is 12.1 Å². The first-order valence-corrected chi connectivity index (χ1v) is 8.96. The fourth-order valence-corrected chi connectivity index (χ4v) is 3.74. The standard InChI is InChI=1S/C19H25N5/c1-2-5-19-18(4-1)21-16-24(19)10-3-9-22-11-6-17(7-12-22)14-23-13-8-20-15-23/h1-2,4-5,8,13,15-17H,3,6-7,9-12,14H2. The van der Waals surface area contributed by atoms with Gasteiger partial charge in [0, 0.05) is 25.5 Å². The van der Waals surface area contributed by atoms with Crippen LogP contribution in [0.5, 0.6) is 0 Å². The lowest BCUT2D eigenvalue weighted by Gasteiger charge is -2.32. The number of hydrogen-bond donors (Lipinski definition) is 0. The van der Waals surface area contributed by atoms with Gasteiger partial charge >= 0.3 is 0 Å². The highest BCUT2D eigenvalue weighted by Gasteiger charge is 2.19. The molecule has 3 heterocycles. The largest absolute Gasteiger partial charge is 0.337 e. The van der Waals surface area contributed by atoms with E-state index in [1.54, 1.807) is 0 Å². The zero-order valence-electron chi connectivity index (χ0n) is 14.1. The van der Waals surface area contributed by atoms with Gasteiger partial charge in [-0.25, -0.2) is 9.97 Å². The minimum atomic E-state index is 0.799. The van der Waals surface area contributed by atoms with Crippen LogP contribution in [0.1, 0.15) is 19.3 Å². The van der Waals surface area contributed by atoms with Crippen LogP contribution < -0.4 is 0 Å². The van der Waals surface area contributed by atoms with Crippen molar-refractivity contribution in [1.82, 2.24) is 24.0 Å². The Bertz CT molecular complexity index is 753. The SMILES string of the molecule is c1ccc2c(c1)ncn2CCCN1CCC(Cn2ccnc2)CC1. The van der Waals surface area contributed by atoms with Crippen LogP contribution in [0.2, 0.25) is 0 Å². The van der Waals surface area contributed by atoms with E-state index in [-0.39, 0.29) is 0 Å². The Hall–Kier alpha value is -2.14. The monoisotopic (exact) mass is 323 g/mol. The molecule has 0 atom stereocenters. The number of benzene rings is 1. The van der Waals surface area contributed by atoms with E-state index in [0.717, 1.165) is 24.5 Å². The molecule has 1 aromatic carbocycles. The van der Waals surface area contributed by atoms with Gasteiger partial charge in [-0.05, 0) is 56.9 Å². The lowest BCUT2D eigenvalue weighted by Crippen LogP contribution is -2.35. The Morgan fingerprint density at radius 1 is 1.04 bits per heavy atom. The summed E-state index contributed by atoms with van der Waals surface area (Å²) in [4.78, 5) is 11.2. The number of aryl methyl sites for hydroxylation is 1. The lowest BCUT2D eigenvalue weighted by atomic mass is 9.96. The average molecular weight is 323 g/mol. The fraction of sp³-hybridized carbons (Fsp3) is 0.474. The summed E-state index contributed by atoms with van der Waals surface area (Å²) in [6.45, 7) is 5.81. The predicted molar refractivity (Wildman–Crippen MR) is 95.7 cm³/mol. The molecule has 3 aromatic rings. The molecule has 5 heteroatoms. The number of fused-ring (bicyclic) bond motifs is 1. The third kappa shape index (κ3) is 3.51. The Labute approximate surface area is 142 Å². The van der Waals surface area contributed by atoms with Crippen LogP contribution in [0, 0.1) is 5.92 Å². The van der Waals surface area contributed by atoms with Gasteiger partial charge in [0.2, 0.25) is 0 Å². The van der Waals surface area contributed by atoms with Crippen molar-refractivity contribution in [3.8, 4) is 0 Å². The summed E-state index contributed by atoms with van der Waals surface area (Å²) >= 11 is 0. The number of nitrogens with zero attached hydrogens (tertiary/aromatic N) is 5. The second kappa shape index (κ2) is 7.18.